The fourth-order valence-electron chi connectivity index (χ4n) is 4.35. The minimum Gasteiger partial charge on any atom is -0.489 e. The molecule has 2 N–H and O–H groups in total. The van der Waals surface area contributed by atoms with Crippen molar-refractivity contribution in [3.8, 4) is 26.8 Å². The summed E-state index contributed by atoms with van der Waals surface area (Å²) < 4.78 is 38.3. The van der Waals surface area contributed by atoms with Gasteiger partial charge >= 0.3 is 5.97 Å². The summed E-state index contributed by atoms with van der Waals surface area (Å²) in [6, 6.07) is 11.7. The highest BCUT2D eigenvalue weighted by Crippen LogP contribution is 2.42. The maximum atomic E-state index is 12.5. The van der Waals surface area contributed by atoms with Crippen molar-refractivity contribution < 1.29 is 22.7 Å². The number of esters is 1. The number of fused-ring (bicyclic) bond motifs is 1. The molecular formula is C26H31N3O5S2. The van der Waals surface area contributed by atoms with Gasteiger partial charge in [-0.3, -0.25) is 4.79 Å². The molecule has 0 radical (unpaired) electrons. The largest absolute Gasteiger partial charge is 0.489 e. The predicted octanol–water partition coefficient (Wildman–Crippen LogP) is 4.78. The lowest BCUT2D eigenvalue weighted by Gasteiger charge is -2.15. The Bertz CT molecular complexity index is 1350. The van der Waals surface area contributed by atoms with Gasteiger partial charge in [-0.2, -0.15) is 0 Å². The van der Waals surface area contributed by atoms with Crippen LogP contribution < -0.4 is 14.8 Å². The second-order valence-corrected chi connectivity index (χ2v) is 11.8. The lowest BCUT2D eigenvalue weighted by atomic mass is 10.0. The quantitative estimate of drug-likeness (QED) is 0.364. The number of nitrogens with one attached hydrogen (secondary N) is 2. The monoisotopic (exact) mass is 529 g/mol. The summed E-state index contributed by atoms with van der Waals surface area (Å²) in [5.41, 5.74) is 5.07. The molecule has 0 fully saturated rings. The van der Waals surface area contributed by atoms with Gasteiger partial charge in [-0.15, -0.1) is 11.3 Å². The van der Waals surface area contributed by atoms with Crippen molar-refractivity contribution in [1.29, 1.82) is 0 Å². The smallest absolute Gasteiger partial charge is 0.306 e. The normalized spacial score (nSPS) is 15.1. The van der Waals surface area contributed by atoms with Gasteiger partial charge in [0.1, 0.15) is 10.8 Å². The van der Waals surface area contributed by atoms with E-state index in [9.17, 15) is 13.2 Å². The Balaban J connectivity index is 1.56. The van der Waals surface area contributed by atoms with Crippen LogP contribution in [0.4, 0.5) is 5.69 Å². The molecule has 0 aliphatic heterocycles. The number of rotatable bonds is 10. The van der Waals surface area contributed by atoms with E-state index in [0.29, 0.717) is 6.42 Å². The summed E-state index contributed by atoms with van der Waals surface area (Å²) in [7, 11) is -0.501. The van der Waals surface area contributed by atoms with Gasteiger partial charge in [0, 0.05) is 24.8 Å². The fourth-order valence-corrected chi connectivity index (χ4v) is 6.55. The van der Waals surface area contributed by atoms with Crippen molar-refractivity contribution in [1.82, 2.24) is 9.71 Å². The zero-order valence-corrected chi connectivity index (χ0v) is 22.5. The number of sulfonamides is 1. The second kappa shape index (κ2) is 11.0. The van der Waals surface area contributed by atoms with E-state index < -0.39 is 16.0 Å². The molecule has 0 saturated heterocycles. The molecule has 36 heavy (non-hydrogen) atoms. The van der Waals surface area contributed by atoms with Gasteiger partial charge in [0.2, 0.25) is 10.0 Å². The number of nitrogens with zero attached hydrogens (tertiary/aromatic N) is 1. The number of carbonyl (C=O) groups excluding carboxylic acids is 1. The first kappa shape index (κ1) is 26.1. The van der Waals surface area contributed by atoms with Gasteiger partial charge in [-0.05, 0) is 61.6 Å². The van der Waals surface area contributed by atoms with Gasteiger partial charge in [0.05, 0.1) is 36.0 Å². The third kappa shape index (κ3) is 5.88. The summed E-state index contributed by atoms with van der Waals surface area (Å²) in [5.74, 6) is -0.0349. The van der Waals surface area contributed by atoms with Crippen molar-refractivity contribution >= 4 is 33.0 Å². The maximum absolute atomic E-state index is 12.5. The van der Waals surface area contributed by atoms with Crippen molar-refractivity contribution in [3.63, 3.8) is 0 Å². The number of methoxy groups -OCH3 is 1. The van der Waals surface area contributed by atoms with Gasteiger partial charge < -0.3 is 14.8 Å². The van der Waals surface area contributed by atoms with Crippen molar-refractivity contribution in [2.24, 2.45) is 0 Å². The van der Waals surface area contributed by atoms with Gasteiger partial charge in [-0.25, -0.2) is 18.1 Å². The summed E-state index contributed by atoms with van der Waals surface area (Å²) >= 11 is 1.60. The van der Waals surface area contributed by atoms with Gasteiger partial charge in [0.15, 0.2) is 0 Å². The molecule has 1 atom stereocenters. The van der Waals surface area contributed by atoms with Crippen LogP contribution in [0.5, 0.6) is 5.75 Å². The van der Waals surface area contributed by atoms with Crippen LogP contribution >= 0.6 is 11.3 Å². The predicted molar refractivity (Wildman–Crippen MR) is 143 cm³/mol. The van der Waals surface area contributed by atoms with Crippen LogP contribution in [0.3, 0.4) is 0 Å². The number of ether oxygens (including phenoxy) is 2. The molecule has 3 aromatic rings. The molecule has 4 rings (SSSR count). The SMILES string of the molecule is CNc1cc(-c2ncc(-c3cccc4c3CC[C@@H]4NS(=O)(=O)CCC(=O)OC)s2)ccc1OC(C)C. The maximum Gasteiger partial charge on any atom is 0.306 e. The highest BCUT2D eigenvalue weighted by atomic mass is 32.2. The average molecular weight is 530 g/mol. The second-order valence-electron chi connectivity index (χ2n) is 8.88. The highest BCUT2D eigenvalue weighted by molar-refractivity contribution is 7.89. The molecule has 2 aromatic carbocycles. The van der Waals surface area contributed by atoms with E-state index in [-0.39, 0.29) is 24.3 Å². The Labute approximate surface area is 216 Å². The first-order valence-corrected chi connectivity index (χ1v) is 14.3. The molecule has 0 amide bonds. The van der Waals surface area contributed by atoms with Crippen LogP contribution in [0.25, 0.3) is 21.0 Å². The highest BCUT2D eigenvalue weighted by Gasteiger charge is 2.29. The molecule has 0 unspecified atom stereocenters. The van der Waals surface area contributed by atoms with E-state index in [0.717, 1.165) is 50.0 Å². The van der Waals surface area contributed by atoms with E-state index in [4.69, 9.17) is 4.74 Å². The van der Waals surface area contributed by atoms with Crippen LogP contribution in [0.2, 0.25) is 0 Å². The third-order valence-electron chi connectivity index (χ3n) is 6.02. The zero-order chi connectivity index (χ0) is 25.9. The van der Waals surface area contributed by atoms with Crippen LogP contribution in [0, 0.1) is 0 Å². The molecule has 0 bridgehead atoms. The van der Waals surface area contributed by atoms with Crippen LogP contribution in [-0.4, -0.2) is 45.4 Å². The van der Waals surface area contributed by atoms with Crippen molar-refractivity contribution in [3.05, 3.63) is 53.7 Å². The van der Waals surface area contributed by atoms with E-state index in [1.54, 1.807) is 11.3 Å². The third-order valence-corrected chi connectivity index (χ3v) is 8.49. The number of hydrogen-bond acceptors (Lipinski definition) is 8. The molecule has 1 heterocycles. The Morgan fingerprint density at radius 1 is 1.25 bits per heavy atom. The molecule has 1 aliphatic rings. The average Bonchev–Trinajstić information content (AvgIpc) is 3.50. The number of hydrogen-bond donors (Lipinski definition) is 2. The molecule has 1 aromatic heterocycles. The van der Waals surface area contributed by atoms with Crippen molar-refractivity contribution in [2.45, 2.75) is 45.3 Å². The number of thiazole rings is 1. The van der Waals surface area contributed by atoms with E-state index >= 15 is 0 Å². The molecule has 10 heteroatoms. The number of benzene rings is 2. The summed E-state index contributed by atoms with van der Waals surface area (Å²) in [6.07, 6.45) is 3.21. The Kier molecular flexibility index (Phi) is 7.97. The number of carbonyl (C=O) groups is 1. The van der Waals surface area contributed by atoms with Crippen LogP contribution in [0.15, 0.2) is 42.6 Å². The number of anilines is 1. The standard InChI is InChI=1S/C26H31N3O5S2/c1-16(2)34-23-11-8-17(14-22(23)27-3)26-28-15-24(35-26)20-7-5-6-19-18(20)9-10-21(19)29-36(31,32)13-12-25(30)33-4/h5-8,11,14-16,21,27,29H,9-10,12-13H2,1-4H3/t21-/m0/s1. The zero-order valence-electron chi connectivity index (χ0n) is 20.8. The minimum absolute atomic E-state index is 0.0794. The molecule has 0 saturated carbocycles. The molecule has 0 spiro atoms. The topological polar surface area (TPSA) is 107 Å². The van der Waals surface area contributed by atoms with E-state index in [1.807, 2.05) is 57.4 Å². The van der Waals surface area contributed by atoms with E-state index in [1.165, 1.54) is 7.11 Å². The Morgan fingerprint density at radius 3 is 2.78 bits per heavy atom. The molecular weight excluding hydrogens is 498 g/mol. The Hall–Kier alpha value is -2.95. The van der Waals surface area contributed by atoms with E-state index in [2.05, 4.69) is 25.8 Å². The summed E-state index contributed by atoms with van der Waals surface area (Å²) in [6.45, 7) is 3.99. The van der Waals surface area contributed by atoms with Gasteiger partial charge in [0.25, 0.3) is 0 Å². The molecule has 1 aliphatic carbocycles. The first-order chi connectivity index (χ1) is 17.2. The first-order valence-electron chi connectivity index (χ1n) is 11.8. The van der Waals surface area contributed by atoms with Crippen LogP contribution in [0.1, 0.15) is 43.9 Å². The van der Waals surface area contributed by atoms with Gasteiger partial charge in [-0.1, -0.05) is 18.2 Å². The molecule has 192 valence electrons. The number of aromatic nitrogens is 1. The summed E-state index contributed by atoms with van der Waals surface area (Å²) in [4.78, 5) is 17.1. The lowest BCUT2D eigenvalue weighted by molar-refractivity contribution is -0.140. The Morgan fingerprint density at radius 2 is 2.06 bits per heavy atom. The fraction of sp³-hybridized carbons (Fsp3) is 0.385. The lowest BCUT2D eigenvalue weighted by Crippen LogP contribution is -2.30. The van der Waals surface area contributed by atoms with Crippen molar-refractivity contribution in [2.75, 3.05) is 25.2 Å². The minimum atomic E-state index is -3.62. The molecule has 8 nitrogen and oxygen atoms in total. The summed E-state index contributed by atoms with van der Waals surface area (Å²) in [5, 5.41) is 4.09. The van der Waals surface area contributed by atoms with Crippen LogP contribution in [-0.2, 0) is 26.0 Å².